The van der Waals surface area contributed by atoms with Crippen LogP contribution in [-0.2, 0) is 22.4 Å². The van der Waals surface area contributed by atoms with Crippen molar-refractivity contribution in [3.8, 4) is 28.4 Å². The molecule has 0 saturated carbocycles. The maximum Gasteiger partial charge on any atom is 0.430 e. The molecular weight excluding hydrogens is 622 g/mol. The van der Waals surface area contributed by atoms with Gasteiger partial charge in [-0.2, -0.15) is 26.3 Å². The third-order valence-corrected chi connectivity index (χ3v) is 8.03. The fraction of sp³-hybridized carbons (Fsp3) is 0.375. The Hall–Kier alpha value is -4.46. The van der Waals surface area contributed by atoms with Gasteiger partial charge in [-0.3, -0.25) is 9.69 Å². The Morgan fingerprint density at radius 1 is 0.957 bits per heavy atom. The lowest BCUT2D eigenvalue weighted by Gasteiger charge is -2.33. The second-order valence-corrected chi connectivity index (χ2v) is 11.1. The molecule has 1 atom stereocenters. The van der Waals surface area contributed by atoms with Crippen LogP contribution in [0, 0.1) is 0 Å². The second-order valence-electron chi connectivity index (χ2n) is 11.1. The van der Waals surface area contributed by atoms with Crippen LogP contribution in [0.1, 0.15) is 43.4 Å². The van der Waals surface area contributed by atoms with Crippen molar-refractivity contribution < 1.29 is 55.2 Å². The predicted octanol–water partition coefficient (Wildman–Crippen LogP) is 6.58. The molecule has 0 aromatic heterocycles. The Bertz CT molecular complexity index is 1630. The summed E-state index contributed by atoms with van der Waals surface area (Å²) in [6.07, 6.45) is -11.1. The number of benzene rings is 3. The van der Waals surface area contributed by atoms with E-state index >= 15 is 0 Å². The summed E-state index contributed by atoms with van der Waals surface area (Å²) in [5, 5.41) is 12.6. The van der Waals surface area contributed by atoms with Crippen molar-refractivity contribution in [2.24, 2.45) is 0 Å². The van der Waals surface area contributed by atoms with Gasteiger partial charge in [0.15, 0.2) is 11.5 Å². The summed E-state index contributed by atoms with van der Waals surface area (Å²) in [6, 6.07) is 13.3. The van der Waals surface area contributed by atoms with Gasteiger partial charge in [-0.15, -0.1) is 0 Å². The number of halogens is 6. The number of nitrogens with zero attached hydrogens (tertiary/aromatic N) is 1. The monoisotopic (exact) mass is 652 g/mol. The van der Waals surface area contributed by atoms with E-state index in [9.17, 15) is 41.0 Å². The number of rotatable bonds is 10. The number of imide groups is 1. The number of amides is 3. The molecule has 2 aliphatic heterocycles. The van der Waals surface area contributed by atoms with Gasteiger partial charge in [0.05, 0.1) is 6.61 Å². The summed E-state index contributed by atoms with van der Waals surface area (Å²) < 4.78 is 97.4. The third-order valence-electron chi connectivity index (χ3n) is 8.03. The molecule has 0 radical (unpaired) electrons. The van der Waals surface area contributed by atoms with Crippen LogP contribution in [-0.4, -0.2) is 54.2 Å². The number of aliphatic hydroxyl groups is 1. The van der Waals surface area contributed by atoms with Crippen molar-refractivity contribution >= 4 is 11.9 Å². The first-order valence-electron chi connectivity index (χ1n) is 14.4. The van der Waals surface area contributed by atoms with Crippen molar-refractivity contribution in [1.82, 2.24) is 10.2 Å². The van der Waals surface area contributed by atoms with Crippen LogP contribution in [0.5, 0.6) is 17.2 Å². The molecule has 3 aromatic carbocycles. The summed E-state index contributed by atoms with van der Waals surface area (Å²) in [6.45, 7) is 3.52. The maximum absolute atomic E-state index is 13.5. The van der Waals surface area contributed by atoms with Crippen LogP contribution in [0.25, 0.3) is 11.1 Å². The zero-order chi connectivity index (χ0) is 33.5. The Labute approximate surface area is 259 Å². The molecule has 8 nitrogen and oxygen atoms in total. The van der Waals surface area contributed by atoms with Gasteiger partial charge in [-0.25, -0.2) is 4.79 Å². The van der Waals surface area contributed by atoms with Crippen LogP contribution >= 0.6 is 0 Å². The second kappa shape index (κ2) is 12.0. The molecule has 14 heteroatoms. The van der Waals surface area contributed by atoms with Gasteiger partial charge in [-0.05, 0) is 66.3 Å². The van der Waals surface area contributed by atoms with E-state index in [0.29, 0.717) is 46.4 Å². The van der Waals surface area contributed by atoms with Crippen molar-refractivity contribution in [2.75, 3.05) is 19.9 Å². The first kappa shape index (κ1) is 32.9. The van der Waals surface area contributed by atoms with Crippen LogP contribution in [0.4, 0.5) is 31.1 Å². The van der Waals surface area contributed by atoms with E-state index in [0.717, 1.165) is 17.0 Å². The van der Waals surface area contributed by atoms with Gasteiger partial charge >= 0.3 is 18.4 Å². The number of hydrogen-bond acceptors (Lipinski definition) is 6. The summed E-state index contributed by atoms with van der Waals surface area (Å²) in [7, 11) is 0. The molecule has 0 aliphatic carbocycles. The maximum atomic E-state index is 13.5. The molecule has 46 heavy (non-hydrogen) atoms. The van der Waals surface area contributed by atoms with E-state index in [4.69, 9.17) is 14.2 Å². The van der Waals surface area contributed by atoms with Gasteiger partial charge < -0.3 is 24.6 Å². The van der Waals surface area contributed by atoms with Crippen LogP contribution in [0.15, 0.2) is 60.7 Å². The minimum atomic E-state index is -5.99. The summed E-state index contributed by atoms with van der Waals surface area (Å²) >= 11 is 0. The Balaban J connectivity index is 1.27. The number of alkyl halides is 6. The first-order valence-corrected chi connectivity index (χ1v) is 14.4. The van der Waals surface area contributed by atoms with Crippen LogP contribution < -0.4 is 19.5 Å². The zero-order valence-corrected chi connectivity index (χ0v) is 24.7. The lowest BCUT2D eigenvalue weighted by atomic mass is 9.87. The molecule has 1 saturated heterocycles. The van der Waals surface area contributed by atoms with E-state index in [1.165, 1.54) is 0 Å². The molecule has 2 aliphatic rings. The van der Waals surface area contributed by atoms with E-state index in [-0.39, 0.29) is 38.3 Å². The Morgan fingerprint density at radius 3 is 2.37 bits per heavy atom. The minimum absolute atomic E-state index is 0.0495. The number of ether oxygens (including phenoxy) is 3. The Kier molecular flexibility index (Phi) is 8.62. The van der Waals surface area contributed by atoms with Crippen molar-refractivity contribution in [2.45, 2.75) is 56.6 Å². The number of carbonyl (C=O) groups excluding carboxylic acids is 2. The molecule has 1 fully saturated rings. The lowest BCUT2D eigenvalue weighted by Crippen LogP contribution is -2.53. The van der Waals surface area contributed by atoms with Crippen LogP contribution in [0.3, 0.4) is 0 Å². The minimum Gasteiger partial charge on any atom is -0.494 e. The van der Waals surface area contributed by atoms with Gasteiger partial charge in [0, 0.05) is 12.1 Å². The van der Waals surface area contributed by atoms with Gasteiger partial charge in [0.25, 0.3) is 11.5 Å². The SMILES string of the molecule is CCCc1cc(C(O)(C(F)(F)F)C(F)(F)F)ccc1-c1cccc(OCCCN2C(=O)NC(C)(c3ccc4c(c3)OCO4)C2=O)c1. The molecule has 246 valence electrons. The van der Waals surface area contributed by atoms with Gasteiger partial charge in [0.1, 0.15) is 11.3 Å². The lowest BCUT2D eigenvalue weighted by molar-refractivity contribution is -0.376. The molecule has 0 bridgehead atoms. The normalized spacial score (nSPS) is 18.2. The number of aryl methyl sites for hydroxylation is 1. The highest BCUT2D eigenvalue weighted by Crippen LogP contribution is 2.50. The van der Waals surface area contributed by atoms with Crippen molar-refractivity contribution in [3.63, 3.8) is 0 Å². The fourth-order valence-electron chi connectivity index (χ4n) is 5.53. The Morgan fingerprint density at radius 2 is 1.67 bits per heavy atom. The van der Waals surface area contributed by atoms with Gasteiger partial charge in [-0.1, -0.05) is 49.7 Å². The highest BCUT2D eigenvalue weighted by Gasteiger charge is 2.71. The smallest absolute Gasteiger partial charge is 0.430 e. The van der Waals surface area contributed by atoms with Gasteiger partial charge in [0.2, 0.25) is 6.79 Å². The number of urea groups is 1. The molecule has 5 rings (SSSR count). The van der Waals surface area contributed by atoms with Crippen molar-refractivity contribution in [3.05, 3.63) is 77.4 Å². The number of nitrogens with one attached hydrogen (secondary N) is 1. The fourth-order valence-corrected chi connectivity index (χ4v) is 5.53. The number of carbonyl (C=O) groups is 2. The molecular formula is C32H30F6N2O6. The summed E-state index contributed by atoms with van der Waals surface area (Å²) in [4.78, 5) is 27.1. The first-order chi connectivity index (χ1) is 21.6. The van der Waals surface area contributed by atoms with Crippen LogP contribution in [0.2, 0.25) is 0 Å². The molecule has 3 amide bonds. The molecule has 2 heterocycles. The topological polar surface area (TPSA) is 97.3 Å². The molecule has 0 spiro atoms. The summed E-state index contributed by atoms with van der Waals surface area (Å²) in [5.41, 5.74) is -6.08. The van der Waals surface area contributed by atoms with E-state index in [2.05, 4.69) is 5.32 Å². The highest BCUT2D eigenvalue weighted by molar-refractivity contribution is 6.07. The number of hydrogen-bond donors (Lipinski definition) is 2. The van der Waals surface area contributed by atoms with E-state index < -0.39 is 41.0 Å². The standard InChI is InChI=1S/C32H30F6N2O6/c1-3-6-19-15-22(30(43,31(33,34)35)32(36,37)38)9-11-24(19)20-7-4-8-23(16-20)44-14-5-13-40-27(41)29(2,39-28(40)42)21-10-12-25-26(17-21)46-18-45-25/h4,7-12,15-17,43H,3,5-6,13-14,18H2,1-2H3,(H,39,42). The molecule has 3 aromatic rings. The molecule has 1 unspecified atom stereocenters. The predicted molar refractivity (Wildman–Crippen MR) is 152 cm³/mol. The average Bonchev–Trinajstić information content (AvgIpc) is 3.55. The number of fused-ring (bicyclic) bond motifs is 1. The average molecular weight is 653 g/mol. The third kappa shape index (κ3) is 5.81. The zero-order valence-electron chi connectivity index (χ0n) is 24.7. The van der Waals surface area contributed by atoms with E-state index in [1.807, 2.05) is 0 Å². The summed E-state index contributed by atoms with van der Waals surface area (Å²) in [5.74, 6) is 0.911. The molecule has 2 N–H and O–H groups in total. The van der Waals surface area contributed by atoms with E-state index in [1.54, 1.807) is 56.3 Å². The highest BCUT2D eigenvalue weighted by atomic mass is 19.4. The van der Waals surface area contributed by atoms with Crippen molar-refractivity contribution in [1.29, 1.82) is 0 Å². The largest absolute Gasteiger partial charge is 0.494 e. The quantitative estimate of drug-likeness (QED) is 0.146.